The van der Waals surface area contributed by atoms with E-state index in [2.05, 4.69) is 75.4 Å². The minimum atomic E-state index is 0. The molecule has 114 valence electrons. The maximum Gasteiger partial charge on any atom is -0.00606 e. The van der Waals surface area contributed by atoms with Crippen molar-refractivity contribution in [3.63, 3.8) is 0 Å². The van der Waals surface area contributed by atoms with Gasteiger partial charge in [-0.3, -0.25) is 0 Å². The van der Waals surface area contributed by atoms with Crippen molar-refractivity contribution in [2.24, 2.45) is 0 Å². The first-order chi connectivity index (χ1) is 10.1. The molecule has 0 heterocycles. The maximum absolute atomic E-state index is 2.30. The van der Waals surface area contributed by atoms with Gasteiger partial charge in [0.2, 0.25) is 0 Å². The normalized spacial score (nSPS) is 13.5. The highest BCUT2D eigenvalue weighted by atomic mass is 14.1. The molecule has 2 aromatic rings. The zero-order valence-corrected chi connectivity index (χ0v) is 13.1. The van der Waals surface area contributed by atoms with Crippen LogP contribution in [0.3, 0.4) is 0 Å². The van der Waals surface area contributed by atoms with E-state index in [4.69, 9.17) is 0 Å². The molecule has 0 bridgehead atoms. The second kappa shape index (κ2) is 6.79. The topological polar surface area (TPSA) is 0 Å². The molecule has 2 aliphatic rings. The highest BCUT2D eigenvalue weighted by Gasteiger charge is 2.06. The lowest BCUT2D eigenvalue weighted by Crippen LogP contribution is -1.86. The molecule has 0 aliphatic heterocycles. The summed E-state index contributed by atoms with van der Waals surface area (Å²) in [5.41, 5.74) is 10.0. The summed E-state index contributed by atoms with van der Waals surface area (Å²) in [6, 6.07) is 13.1. The van der Waals surface area contributed by atoms with Gasteiger partial charge in [0.25, 0.3) is 0 Å². The first-order valence-electron chi connectivity index (χ1n) is 7.65. The average molecular weight is 290 g/mol. The molecule has 0 heteroatoms. The van der Waals surface area contributed by atoms with E-state index in [1.807, 2.05) is 0 Å². The Labute approximate surface area is 135 Å². The summed E-state index contributed by atoms with van der Waals surface area (Å²) in [6.45, 7) is 6.52. The molecule has 0 atom stereocenters. The van der Waals surface area contributed by atoms with Crippen LogP contribution in [-0.4, -0.2) is 0 Å². The van der Waals surface area contributed by atoms with Crippen molar-refractivity contribution in [3.05, 3.63) is 81.4 Å². The fraction of sp³-hybridized carbons (Fsp3) is 0.273. The Morgan fingerprint density at radius 3 is 2.32 bits per heavy atom. The Bertz CT molecular complexity index is 730. The summed E-state index contributed by atoms with van der Waals surface area (Å²) in [7, 11) is 0. The summed E-state index contributed by atoms with van der Waals surface area (Å²) in [5, 5.41) is 0. The van der Waals surface area contributed by atoms with E-state index < -0.39 is 0 Å². The quantitative estimate of drug-likeness (QED) is 0.545. The van der Waals surface area contributed by atoms with Crippen molar-refractivity contribution in [1.29, 1.82) is 0 Å². The lowest BCUT2D eigenvalue weighted by molar-refractivity contribution is 1.20. The molecule has 0 fully saturated rings. The third kappa shape index (κ3) is 3.39. The Hall–Kier alpha value is -2.08. The molecule has 2 aromatic carbocycles. The first kappa shape index (κ1) is 16.3. The predicted octanol–water partition coefficient (Wildman–Crippen LogP) is 6.15. The Kier molecular flexibility index (Phi) is 5.03. The molecule has 0 saturated heterocycles. The molecule has 0 nitrogen and oxygen atoms in total. The van der Waals surface area contributed by atoms with Crippen LogP contribution in [0.2, 0.25) is 0 Å². The summed E-state index contributed by atoms with van der Waals surface area (Å²) >= 11 is 0. The van der Waals surface area contributed by atoms with Crippen LogP contribution in [0.4, 0.5) is 0 Å². The molecular formula is C22H26. The van der Waals surface area contributed by atoms with E-state index in [1.54, 1.807) is 0 Å². The van der Waals surface area contributed by atoms with Crippen molar-refractivity contribution in [1.82, 2.24) is 0 Å². The molecular weight excluding hydrogens is 264 g/mol. The van der Waals surface area contributed by atoms with E-state index in [9.17, 15) is 0 Å². The lowest BCUT2D eigenvalue weighted by Gasteiger charge is -2.03. The minimum Gasteiger partial charge on any atom is -0.0795 e. The van der Waals surface area contributed by atoms with Gasteiger partial charge in [0.1, 0.15) is 0 Å². The SMILES string of the molecule is C.CC1=Cc2ccccc2C1.Cc1cc2c(cc1C)CC=C2. The van der Waals surface area contributed by atoms with E-state index in [0.29, 0.717) is 0 Å². The van der Waals surface area contributed by atoms with Crippen molar-refractivity contribution < 1.29 is 0 Å². The van der Waals surface area contributed by atoms with E-state index in [1.165, 1.54) is 39.0 Å². The Morgan fingerprint density at radius 1 is 0.818 bits per heavy atom. The smallest absolute Gasteiger partial charge is 0.00606 e. The fourth-order valence-corrected chi connectivity index (χ4v) is 3.00. The number of aryl methyl sites for hydroxylation is 2. The van der Waals surface area contributed by atoms with Gasteiger partial charge in [-0.25, -0.2) is 0 Å². The third-order valence-electron chi connectivity index (χ3n) is 4.32. The van der Waals surface area contributed by atoms with E-state index >= 15 is 0 Å². The molecule has 0 amide bonds. The van der Waals surface area contributed by atoms with Gasteiger partial charge in [-0.1, -0.05) is 67.6 Å². The second-order valence-corrected chi connectivity index (χ2v) is 6.11. The van der Waals surface area contributed by atoms with Gasteiger partial charge < -0.3 is 0 Å². The molecule has 0 radical (unpaired) electrons. The monoisotopic (exact) mass is 290 g/mol. The van der Waals surface area contributed by atoms with Crippen molar-refractivity contribution in [2.75, 3.05) is 0 Å². The second-order valence-electron chi connectivity index (χ2n) is 6.11. The van der Waals surface area contributed by atoms with Crippen molar-refractivity contribution in [3.8, 4) is 0 Å². The Morgan fingerprint density at radius 2 is 1.55 bits per heavy atom. The van der Waals surface area contributed by atoms with Gasteiger partial charge >= 0.3 is 0 Å². The molecule has 0 spiro atoms. The molecule has 4 rings (SSSR count). The van der Waals surface area contributed by atoms with E-state index in [0.717, 1.165) is 12.8 Å². The van der Waals surface area contributed by atoms with Crippen LogP contribution in [0.5, 0.6) is 0 Å². The summed E-state index contributed by atoms with van der Waals surface area (Å²) in [6.07, 6.45) is 8.97. The van der Waals surface area contributed by atoms with Gasteiger partial charge in [0, 0.05) is 0 Å². The Balaban J connectivity index is 0.000000154. The van der Waals surface area contributed by atoms with Gasteiger partial charge in [-0.15, -0.1) is 0 Å². The first-order valence-corrected chi connectivity index (χ1v) is 7.65. The highest BCUT2D eigenvalue weighted by molar-refractivity contribution is 5.63. The molecule has 0 N–H and O–H groups in total. The average Bonchev–Trinajstić information content (AvgIpc) is 3.04. The number of hydrogen-bond acceptors (Lipinski definition) is 0. The maximum atomic E-state index is 2.30. The molecule has 0 unspecified atom stereocenters. The zero-order chi connectivity index (χ0) is 14.8. The van der Waals surface area contributed by atoms with Crippen LogP contribution >= 0.6 is 0 Å². The number of allylic oxidation sites excluding steroid dienone is 2. The lowest BCUT2D eigenvalue weighted by atomic mass is 10.0. The van der Waals surface area contributed by atoms with Crippen LogP contribution in [0.1, 0.15) is 47.7 Å². The molecule has 22 heavy (non-hydrogen) atoms. The van der Waals surface area contributed by atoms with Crippen molar-refractivity contribution >= 4 is 12.2 Å². The summed E-state index contributed by atoms with van der Waals surface area (Å²) < 4.78 is 0. The largest absolute Gasteiger partial charge is 0.0795 e. The zero-order valence-electron chi connectivity index (χ0n) is 13.1. The van der Waals surface area contributed by atoms with Crippen LogP contribution in [-0.2, 0) is 12.8 Å². The van der Waals surface area contributed by atoms with Crippen LogP contribution in [0, 0.1) is 13.8 Å². The highest BCUT2D eigenvalue weighted by Crippen LogP contribution is 2.23. The van der Waals surface area contributed by atoms with Gasteiger partial charge in [-0.2, -0.15) is 0 Å². The predicted molar refractivity (Wildman–Crippen MR) is 99.2 cm³/mol. The van der Waals surface area contributed by atoms with Gasteiger partial charge in [-0.05, 0) is 67.0 Å². The minimum absolute atomic E-state index is 0. The third-order valence-corrected chi connectivity index (χ3v) is 4.32. The summed E-state index contributed by atoms with van der Waals surface area (Å²) in [5.74, 6) is 0. The standard InChI is InChI=1S/C11H12.C10H10.CH4/c1-8-6-10-4-3-5-11(10)7-9(8)2;1-8-6-9-4-2-3-5-10(9)7-8;/h3-4,6-7H,5H2,1-2H3;2-6H,7H2,1H3;1H4. The number of hydrogen-bond donors (Lipinski definition) is 0. The van der Waals surface area contributed by atoms with Crippen LogP contribution in [0.25, 0.3) is 12.2 Å². The number of benzene rings is 2. The van der Waals surface area contributed by atoms with Gasteiger partial charge in [0.15, 0.2) is 0 Å². The van der Waals surface area contributed by atoms with Crippen LogP contribution in [0.15, 0.2) is 48.0 Å². The molecule has 0 aromatic heterocycles. The molecule has 2 aliphatic carbocycles. The molecule has 0 saturated carbocycles. The van der Waals surface area contributed by atoms with Crippen molar-refractivity contribution in [2.45, 2.75) is 41.0 Å². The summed E-state index contributed by atoms with van der Waals surface area (Å²) in [4.78, 5) is 0. The fourth-order valence-electron chi connectivity index (χ4n) is 3.00. The van der Waals surface area contributed by atoms with E-state index in [-0.39, 0.29) is 7.43 Å². The van der Waals surface area contributed by atoms with Crippen LogP contribution < -0.4 is 0 Å². The number of fused-ring (bicyclic) bond motifs is 2. The van der Waals surface area contributed by atoms with Gasteiger partial charge in [0.05, 0.1) is 0 Å². The number of rotatable bonds is 0.